The molecule has 2 fully saturated rings. The van der Waals surface area contributed by atoms with Crippen LogP contribution in [0.5, 0.6) is 34.5 Å². The number of likely N-dealkylation sites (tertiary alicyclic amines) is 2. The van der Waals surface area contributed by atoms with Crippen molar-refractivity contribution in [1.82, 2.24) is 9.80 Å². The Bertz CT molecular complexity index is 1590. The van der Waals surface area contributed by atoms with Crippen LogP contribution in [0.15, 0.2) is 84.9 Å². The Balaban J connectivity index is 0.000000201. The Kier molecular flexibility index (Phi) is 13.2. The molecule has 0 aliphatic carbocycles. The predicted molar refractivity (Wildman–Crippen MR) is 194 cm³/mol. The first-order valence-electron chi connectivity index (χ1n) is 16.8. The lowest BCUT2D eigenvalue weighted by molar-refractivity contribution is -0.0503. The summed E-state index contributed by atoms with van der Waals surface area (Å²) >= 11 is 0. The second-order valence-electron chi connectivity index (χ2n) is 12.1. The summed E-state index contributed by atoms with van der Waals surface area (Å²) in [6.45, 7) is 3.39. The number of amides is 2. The van der Waals surface area contributed by atoms with E-state index in [9.17, 15) is 9.59 Å². The van der Waals surface area contributed by atoms with Crippen molar-refractivity contribution < 1.29 is 47.5 Å². The van der Waals surface area contributed by atoms with E-state index in [2.05, 4.69) is 0 Å². The van der Waals surface area contributed by atoms with Gasteiger partial charge in [-0.25, -0.2) is 0 Å². The lowest BCUT2D eigenvalue weighted by Crippen LogP contribution is -2.54. The highest BCUT2D eigenvalue weighted by Crippen LogP contribution is 2.40. The van der Waals surface area contributed by atoms with E-state index in [4.69, 9.17) is 37.9 Å². The molecule has 2 aliphatic heterocycles. The number of methoxy groups -OCH3 is 6. The number of carbonyl (C=O) groups is 2. The van der Waals surface area contributed by atoms with Gasteiger partial charge < -0.3 is 47.7 Å². The Morgan fingerprint density at radius 3 is 1.08 bits per heavy atom. The average molecular weight is 715 g/mol. The van der Waals surface area contributed by atoms with Crippen LogP contribution in [0.2, 0.25) is 0 Å². The lowest BCUT2D eigenvalue weighted by atomic mass is 10.1. The van der Waals surface area contributed by atoms with Gasteiger partial charge in [0.15, 0.2) is 23.0 Å². The number of ether oxygens (including phenoxy) is 8. The smallest absolute Gasteiger partial charge is 0.254 e. The van der Waals surface area contributed by atoms with Crippen LogP contribution >= 0.6 is 0 Å². The van der Waals surface area contributed by atoms with Gasteiger partial charge in [-0.05, 0) is 35.4 Å². The van der Waals surface area contributed by atoms with Crippen LogP contribution in [0.3, 0.4) is 0 Å². The van der Waals surface area contributed by atoms with Gasteiger partial charge in [0.1, 0.15) is 0 Å². The van der Waals surface area contributed by atoms with Crippen molar-refractivity contribution in [3.05, 3.63) is 107 Å². The summed E-state index contributed by atoms with van der Waals surface area (Å²) in [6.07, 6.45) is 0.113. The fourth-order valence-electron chi connectivity index (χ4n) is 5.77. The second-order valence-corrected chi connectivity index (χ2v) is 12.1. The van der Waals surface area contributed by atoms with E-state index < -0.39 is 0 Å². The van der Waals surface area contributed by atoms with Crippen LogP contribution in [0.4, 0.5) is 0 Å². The summed E-state index contributed by atoms with van der Waals surface area (Å²) in [5.41, 5.74) is 3.26. The fourth-order valence-corrected chi connectivity index (χ4v) is 5.77. The maximum Gasteiger partial charge on any atom is 0.254 e. The van der Waals surface area contributed by atoms with E-state index in [1.54, 1.807) is 34.1 Å². The van der Waals surface area contributed by atoms with Crippen LogP contribution in [-0.2, 0) is 22.7 Å². The summed E-state index contributed by atoms with van der Waals surface area (Å²) in [5, 5.41) is 0. The minimum Gasteiger partial charge on any atom is -0.493 e. The third-order valence-electron chi connectivity index (χ3n) is 8.75. The van der Waals surface area contributed by atoms with Gasteiger partial charge in [0.2, 0.25) is 11.5 Å². The van der Waals surface area contributed by atoms with E-state index in [-0.39, 0.29) is 24.0 Å². The molecule has 52 heavy (non-hydrogen) atoms. The third kappa shape index (κ3) is 9.06. The molecule has 2 amide bonds. The molecule has 0 spiro atoms. The van der Waals surface area contributed by atoms with Crippen molar-refractivity contribution in [2.24, 2.45) is 0 Å². The molecular formula is C40H46N2O10. The summed E-state index contributed by atoms with van der Waals surface area (Å²) in [7, 11) is 9.19. The first kappa shape index (κ1) is 37.8. The molecule has 0 atom stereocenters. The van der Waals surface area contributed by atoms with Crippen molar-refractivity contribution in [3.8, 4) is 34.5 Å². The van der Waals surface area contributed by atoms with E-state index in [1.807, 2.05) is 60.7 Å². The molecule has 2 aliphatic rings. The molecule has 0 radical (unpaired) electrons. The first-order chi connectivity index (χ1) is 25.3. The highest BCUT2D eigenvalue weighted by atomic mass is 16.5. The number of hydrogen-bond acceptors (Lipinski definition) is 10. The minimum atomic E-state index is -0.0798. The SMILES string of the molecule is COc1cc(C(=O)N2CC(OCc3ccccc3)C2)cc(OC)c1OC.COc1cc(C(=O)N2CC(OCc3ccccc3)C2)cc(OC)c1OC. The van der Waals surface area contributed by atoms with Crippen molar-refractivity contribution >= 4 is 11.8 Å². The number of rotatable bonds is 14. The monoisotopic (exact) mass is 714 g/mol. The summed E-state index contributed by atoms with van der Waals surface area (Å²) < 4.78 is 43.5. The molecule has 0 aromatic heterocycles. The molecule has 0 N–H and O–H groups in total. The predicted octanol–water partition coefficient (Wildman–Crippen LogP) is 5.51. The highest BCUT2D eigenvalue weighted by Gasteiger charge is 2.34. The van der Waals surface area contributed by atoms with Gasteiger partial charge >= 0.3 is 0 Å². The van der Waals surface area contributed by atoms with Crippen LogP contribution in [0, 0.1) is 0 Å². The Morgan fingerprint density at radius 2 is 0.808 bits per heavy atom. The first-order valence-corrected chi connectivity index (χ1v) is 16.8. The van der Waals surface area contributed by atoms with Crippen molar-refractivity contribution in [2.45, 2.75) is 25.4 Å². The molecule has 0 bridgehead atoms. The third-order valence-corrected chi connectivity index (χ3v) is 8.75. The molecule has 4 aromatic carbocycles. The maximum absolute atomic E-state index is 12.7. The molecule has 12 heteroatoms. The quantitative estimate of drug-likeness (QED) is 0.166. The Labute approximate surface area is 304 Å². The van der Waals surface area contributed by atoms with Gasteiger partial charge in [-0.1, -0.05) is 60.7 Å². The molecule has 12 nitrogen and oxygen atoms in total. The topological polar surface area (TPSA) is 114 Å². The Hall–Kier alpha value is -5.46. The minimum absolute atomic E-state index is 0.0567. The van der Waals surface area contributed by atoms with Crippen LogP contribution in [0.25, 0.3) is 0 Å². The van der Waals surface area contributed by atoms with Crippen molar-refractivity contribution in [3.63, 3.8) is 0 Å². The van der Waals surface area contributed by atoms with Gasteiger partial charge in [-0.2, -0.15) is 0 Å². The molecule has 4 aromatic rings. The van der Waals surface area contributed by atoms with Crippen molar-refractivity contribution in [2.75, 3.05) is 68.8 Å². The zero-order chi connectivity index (χ0) is 37.0. The number of carbonyl (C=O) groups excluding carboxylic acids is 2. The van der Waals surface area contributed by atoms with E-state index >= 15 is 0 Å². The van der Waals surface area contributed by atoms with Gasteiger partial charge in [-0.3, -0.25) is 9.59 Å². The number of benzene rings is 4. The zero-order valence-electron chi connectivity index (χ0n) is 30.5. The number of nitrogens with zero attached hydrogens (tertiary/aromatic N) is 2. The molecule has 0 saturated carbocycles. The van der Waals surface area contributed by atoms with Crippen molar-refractivity contribution in [1.29, 1.82) is 0 Å². The fraction of sp³-hybridized carbons (Fsp3) is 0.350. The van der Waals surface area contributed by atoms with Gasteiger partial charge in [0.05, 0.1) is 68.1 Å². The van der Waals surface area contributed by atoms with Gasteiger partial charge in [-0.15, -0.1) is 0 Å². The van der Waals surface area contributed by atoms with Gasteiger partial charge in [0.25, 0.3) is 11.8 Å². The molecule has 6 rings (SSSR count). The van der Waals surface area contributed by atoms with Crippen LogP contribution < -0.4 is 28.4 Å². The molecule has 2 saturated heterocycles. The summed E-state index contributed by atoms with van der Waals surface area (Å²) in [4.78, 5) is 28.9. The molecule has 276 valence electrons. The van der Waals surface area contributed by atoms with E-state index in [0.717, 1.165) is 11.1 Å². The lowest BCUT2D eigenvalue weighted by Gasteiger charge is -2.39. The molecule has 0 unspecified atom stereocenters. The second kappa shape index (κ2) is 18.2. The van der Waals surface area contributed by atoms with Crippen LogP contribution in [0.1, 0.15) is 31.8 Å². The summed E-state index contributed by atoms with van der Waals surface area (Å²) in [6, 6.07) is 26.7. The summed E-state index contributed by atoms with van der Waals surface area (Å²) in [5.74, 6) is 2.64. The molecular weight excluding hydrogens is 668 g/mol. The molecule has 2 heterocycles. The van der Waals surface area contributed by atoms with Crippen LogP contribution in [-0.4, -0.2) is 103 Å². The van der Waals surface area contributed by atoms with Gasteiger partial charge in [0, 0.05) is 37.3 Å². The van der Waals surface area contributed by atoms with E-state index in [1.165, 1.54) is 42.7 Å². The Morgan fingerprint density at radius 1 is 0.500 bits per heavy atom. The largest absolute Gasteiger partial charge is 0.493 e. The number of hydrogen-bond donors (Lipinski definition) is 0. The standard InChI is InChI=1S/2C20H23NO5/c2*1-23-17-9-15(10-18(24-2)19(17)25-3)20(22)21-11-16(12-21)26-13-14-7-5-4-6-8-14/h2*4-10,16H,11-13H2,1-3H3. The maximum atomic E-state index is 12.7. The highest BCUT2D eigenvalue weighted by molar-refractivity contribution is 5.97. The van der Waals surface area contributed by atoms with E-state index in [0.29, 0.717) is 85.0 Å². The zero-order valence-corrected chi connectivity index (χ0v) is 30.5. The normalized spacial score (nSPS) is 13.9. The average Bonchev–Trinajstić information content (AvgIpc) is 3.16.